The molecule has 0 aliphatic rings. The predicted molar refractivity (Wildman–Crippen MR) is 63.8 cm³/mol. The van der Waals surface area contributed by atoms with E-state index in [4.69, 9.17) is 10.5 Å². The van der Waals surface area contributed by atoms with E-state index in [2.05, 4.69) is 4.74 Å². The maximum absolute atomic E-state index is 11.4. The molecule has 0 spiro atoms. The van der Waals surface area contributed by atoms with Crippen LogP contribution in [-0.4, -0.2) is 24.8 Å². The van der Waals surface area contributed by atoms with Gasteiger partial charge in [0.1, 0.15) is 23.8 Å². The van der Waals surface area contributed by atoms with Crippen LogP contribution in [0.25, 0.3) is 0 Å². The van der Waals surface area contributed by atoms with Crippen LogP contribution in [0.15, 0.2) is 18.2 Å². The molecule has 5 heteroatoms. The number of hydrogen-bond acceptors (Lipinski definition) is 5. The van der Waals surface area contributed by atoms with Crippen LogP contribution < -0.4 is 10.5 Å². The van der Waals surface area contributed by atoms with Gasteiger partial charge in [0.25, 0.3) is 0 Å². The number of phenols is 1. The van der Waals surface area contributed by atoms with E-state index < -0.39 is 5.41 Å². The molecular formula is C12H17NO4. The Balaban J connectivity index is 2.74. The lowest BCUT2D eigenvalue weighted by atomic mass is 9.95. The number of rotatable bonds is 4. The van der Waals surface area contributed by atoms with Crippen molar-refractivity contribution >= 4 is 11.7 Å². The zero-order chi connectivity index (χ0) is 13.1. The molecule has 17 heavy (non-hydrogen) atoms. The number of methoxy groups -OCH3 is 1. The van der Waals surface area contributed by atoms with E-state index in [-0.39, 0.29) is 24.0 Å². The second kappa shape index (κ2) is 4.95. The topological polar surface area (TPSA) is 81.8 Å². The number of benzene rings is 1. The Kier molecular flexibility index (Phi) is 3.83. The summed E-state index contributed by atoms with van der Waals surface area (Å²) in [5.74, 6) is -0.0587. The number of esters is 1. The molecule has 5 nitrogen and oxygen atoms in total. The Labute approximate surface area is 100 Å². The maximum Gasteiger partial charge on any atom is 0.314 e. The van der Waals surface area contributed by atoms with Crippen molar-refractivity contribution in [2.24, 2.45) is 5.41 Å². The first-order valence-electron chi connectivity index (χ1n) is 5.17. The van der Waals surface area contributed by atoms with Gasteiger partial charge < -0.3 is 20.3 Å². The Morgan fingerprint density at radius 2 is 2.12 bits per heavy atom. The molecule has 0 amide bonds. The molecule has 0 aliphatic heterocycles. The predicted octanol–water partition coefficient (Wildman–Crippen LogP) is 1.55. The first-order valence-corrected chi connectivity index (χ1v) is 5.17. The van der Waals surface area contributed by atoms with E-state index in [1.807, 2.05) is 0 Å². The number of carbonyl (C=O) groups is 1. The van der Waals surface area contributed by atoms with Gasteiger partial charge in [0.15, 0.2) is 0 Å². The minimum absolute atomic E-state index is 0.0432. The van der Waals surface area contributed by atoms with Gasteiger partial charge in [0.05, 0.1) is 12.5 Å². The van der Waals surface area contributed by atoms with E-state index in [0.717, 1.165) is 0 Å². The van der Waals surface area contributed by atoms with Gasteiger partial charge in [-0.3, -0.25) is 4.79 Å². The second-order valence-electron chi connectivity index (χ2n) is 4.35. The molecule has 0 atom stereocenters. The summed E-state index contributed by atoms with van der Waals surface area (Å²) >= 11 is 0. The second-order valence-corrected chi connectivity index (χ2v) is 4.35. The van der Waals surface area contributed by atoms with Crippen molar-refractivity contribution < 1.29 is 19.4 Å². The molecule has 0 radical (unpaired) electrons. The van der Waals surface area contributed by atoms with Crippen LogP contribution in [0.1, 0.15) is 13.8 Å². The summed E-state index contributed by atoms with van der Waals surface area (Å²) in [6.07, 6.45) is 0. The van der Waals surface area contributed by atoms with Crippen LogP contribution in [0.4, 0.5) is 5.69 Å². The molecular weight excluding hydrogens is 222 g/mol. The van der Waals surface area contributed by atoms with E-state index in [1.165, 1.54) is 13.2 Å². The number of nitrogen functional groups attached to an aromatic ring is 1. The van der Waals surface area contributed by atoms with Crippen molar-refractivity contribution in [1.82, 2.24) is 0 Å². The number of hydrogen-bond donors (Lipinski definition) is 2. The highest BCUT2D eigenvalue weighted by atomic mass is 16.5. The third-order valence-electron chi connectivity index (χ3n) is 2.37. The molecule has 0 saturated carbocycles. The molecule has 0 unspecified atom stereocenters. The lowest BCUT2D eigenvalue weighted by Crippen LogP contribution is -2.32. The Hall–Kier alpha value is -1.91. The van der Waals surface area contributed by atoms with Gasteiger partial charge in [0.2, 0.25) is 0 Å². The number of para-hydroxylation sites is 1. The number of carbonyl (C=O) groups excluding carboxylic acids is 1. The van der Waals surface area contributed by atoms with Crippen molar-refractivity contribution in [3.63, 3.8) is 0 Å². The summed E-state index contributed by atoms with van der Waals surface area (Å²) in [5.41, 5.74) is 5.02. The van der Waals surface area contributed by atoms with Gasteiger partial charge in [-0.05, 0) is 26.0 Å². The molecule has 1 aromatic rings. The molecule has 0 aliphatic carbocycles. The van der Waals surface area contributed by atoms with Crippen LogP contribution in [0.2, 0.25) is 0 Å². The Bertz CT molecular complexity index is 415. The van der Waals surface area contributed by atoms with Crippen LogP contribution in [0, 0.1) is 5.41 Å². The fourth-order valence-corrected chi connectivity index (χ4v) is 1.25. The SMILES string of the molecule is COC(=O)C(C)(C)COc1cccc(O)c1N. The average molecular weight is 239 g/mol. The van der Waals surface area contributed by atoms with E-state index in [0.29, 0.717) is 5.75 Å². The summed E-state index contributed by atoms with van der Waals surface area (Å²) in [4.78, 5) is 11.4. The molecule has 3 N–H and O–H groups in total. The summed E-state index contributed by atoms with van der Waals surface area (Å²) in [6.45, 7) is 3.53. The smallest absolute Gasteiger partial charge is 0.314 e. The van der Waals surface area contributed by atoms with E-state index >= 15 is 0 Å². The number of ether oxygens (including phenoxy) is 2. The van der Waals surface area contributed by atoms with Gasteiger partial charge in [-0.2, -0.15) is 0 Å². The van der Waals surface area contributed by atoms with Gasteiger partial charge in [0, 0.05) is 0 Å². The minimum Gasteiger partial charge on any atom is -0.506 e. The first-order chi connectivity index (χ1) is 7.88. The quantitative estimate of drug-likeness (QED) is 0.473. The average Bonchev–Trinajstić information content (AvgIpc) is 2.30. The van der Waals surface area contributed by atoms with Crippen molar-refractivity contribution in [2.45, 2.75) is 13.8 Å². The molecule has 0 saturated heterocycles. The number of aromatic hydroxyl groups is 1. The van der Waals surface area contributed by atoms with Crippen molar-refractivity contribution in [3.05, 3.63) is 18.2 Å². The summed E-state index contributed by atoms with van der Waals surface area (Å²) in [7, 11) is 1.33. The number of anilines is 1. The van der Waals surface area contributed by atoms with E-state index in [1.54, 1.807) is 26.0 Å². The largest absolute Gasteiger partial charge is 0.506 e. The Morgan fingerprint density at radius 3 is 2.71 bits per heavy atom. The highest BCUT2D eigenvalue weighted by Crippen LogP contribution is 2.31. The highest BCUT2D eigenvalue weighted by Gasteiger charge is 2.30. The molecule has 0 fully saturated rings. The maximum atomic E-state index is 11.4. The van der Waals surface area contributed by atoms with Crippen LogP contribution in [0.5, 0.6) is 11.5 Å². The van der Waals surface area contributed by atoms with E-state index in [9.17, 15) is 9.90 Å². The Morgan fingerprint density at radius 1 is 1.47 bits per heavy atom. The highest BCUT2D eigenvalue weighted by molar-refractivity contribution is 5.76. The van der Waals surface area contributed by atoms with Crippen LogP contribution >= 0.6 is 0 Å². The van der Waals surface area contributed by atoms with Crippen molar-refractivity contribution in [3.8, 4) is 11.5 Å². The molecule has 0 aromatic heterocycles. The summed E-state index contributed by atoms with van der Waals surface area (Å²) in [6, 6.07) is 4.71. The fourth-order valence-electron chi connectivity index (χ4n) is 1.25. The lowest BCUT2D eigenvalue weighted by molar-refractivity contribution is -0.152. The summed E-state index contributed by atoms with van der Waals surface area (Å²) in [5, 5.41) is 9.39. The normalized spacial score (nSPS) is 11.0. The number of phenolic OH excluding ortho intramolecular Hbond substituents is 1. The standard InChI is InChI=1S/C12H17NO4/c1-12(2,11(15)16-3)7-17-9-6-4-5-8(14)10(9)13/h4-6,14H,7,13H2,1-3H3. The van der Waals surface area contributed by atoms with Crippen molar-refractivity contribution in [2.75, 3.05) is 19.5 Å². The van der Waals surface area contributed by atoms with Gasteiger partial charge in [-0.1, -0.05) is 6.07 Å². The zero-order valence-corrected chi connectivity index (χ0v) is 10.2. The zero-order valence-electron chi connectivity index (χ0n) is 10.2. The lowest BCUT2D eigenvalue weighted by Gasteiger charge is -2.22. The molecule has 94 valence electrons. The number of nitrogens with two attached hydrogens (primary N) is 1. The third kappa shape index (κ3) is 3.03. The molecule has 0 heterocycles. The molecule has 1 aromatic carbocycles. The van der Waals surface area contributed by atoms with Crippen LogP contribution in [0.3, 0.4) is 0 Å². The van der Waals surface area contributed by atoms with Gasteiger partial charge in [-0.25, -0.2) is 0 Å². The third-order valence-corrected chi connectivity index (χ3v) is 2.37. The fraction of sp³-hybridized carbons (Fsp3) is 0.417. The monoisotopic (exact) mass is 239 g/mol. The molecule has 1 rings (SSSR count). The minimum atomic E-state index is -0.771. The van der Waals surface area contributed by atoms with Gasteiger partial charge >= 0.3 is 5.97 Å². The summed E-state index contributed by atoms with van der Waals surface area (Å²) < 4.78 is 10.1. The van der Waals surface area contributed by atoms with Crippen LogP contribution in [-0.2, 0) is 9.53 Å². The molecule has 0 bridgehead atoms. The van der Waals surface area contributed by atoms with Gasteiger partial charge in [-0.15, -0.1) is 0 Å². The van der Waals surface area contributed by atoms with Crippen molar-refractivity contribution in [1.29, 1.82) is 0 Å². The first kappa shape index (κ1) is 13.2.